The molecule has 6 heteroatoms. The number of carbonyl (C=O) groups is 1. The van der Waals surface area contributed by atoms with Crippen LogP contribution < -0.4 is 69.3 Å². The van der Waals surface area contributed by atoms with Gasteiger partial charge in [-0.1, -0.05) is 6.07 Å². The molecule has 0 aliphatic carbocycles. The third-order valence-electron chi connectivity index (χ3n) is 0.566. The second-order valence-electron chi connectivity index (χ2n) is 1.27. The molecule has 0 fully saturated rings. The maximum Gasteiger partial charge on any atom is 1.00 e. The Morgan fingerprint density at radius 1 is 1.00 bits per heavy atom. The zero-order chi connectivity index (χ0) is 7.82. The third-order valence-corrected chi connectivity index (χ3v) is 0.566. The molecule has 54 valence electrons. The van der Waals surface area contributed by atoms with E-state index >= 15 is 0 Å². The van der Waals surface area contributed by atoms with Gasteiger partial charge in [0.1, 0.15) is 0 Å². The number of pyridine rings is 1. The molecule has 0 unspecified atom stereocenters. The molecule has 0 amide bonds. The summed E-state index contributed by atoms with van der Waals surface area (Å²) in [6, 6.07) is 5.72. The van der Waals surface area contributed by atoms with Crippen LogP contribution in [0.3, 0.4) is 0 Å². The van der Waals surface area contributed by atoms with Crippen LogP contribution in [0.2, 0.25) is 0 Å². The van der Waals surface area contributed by atoms with Crippen molar-refractivity contribution in [2.24, 2.45) is 0 Å². The molecule has 1 heterocycles. The van der Waals surface area contributed by atoms with E-state index in [0.29, 0.717) is 0 Å². The molecule has 0 saturated heterocycles. The van der Waals surface area contributed by atoms with Crippen LogP contribution in [0.5, 0.6) is 0 Å². The van der Waals surface area contributed by atoms with Crippen LogP contribution in [0.15, 0.2) is 30.6 Å². The Morgan fingerprint density at radius 2 is 1.33 bits per heavy atom. The summed E-state index contributed by atoms with van der Waals surface area (Å²) in [5, 5.41) is 16.7. The summed E-state index contributed by atoms with van der Waals surface area (Å²) in [4.78, 5) is 12.1. The topological polar surface area (TPSA) is 76.1 Å². The molecule has 1 aromatic rings. The number of rotatable bonds is 0. The second kappa shape index (κ2) is 14.0. The van der Waals surface area contributed by atoms with Crippen molar-refractivity contribution in [2.45, 2.75) is 0 Å². The van der Waals surface area contributed by atoms with Crippen LogP contribution in [-0.4, -0.2) is 11.1 Å². The Balaban J connectivity index is -0.000000124. The van der Waals surface area contributed by atoms with Crippen molar-refractivity contribution in [3.05, 3.63) is 30.6 Å². The van der Waals surface area contributed by atoms with E-state index in [4.69, 9.17) is 15.0 Å². The van der Waals surface area contributed by atoms with E-state index in [2.05, 4.69) is 4.98 Å². The van der Waals surface area contributed by atoms with Crippen molar-refractivity contribution >= 4 is 6.16 Å². The average molecular weight is 185 g/mol. The van der Waals surface area contributed by atoms with Gasteiger partial charge in [-0.2, -0.15) is 0 Å². The Labute approximate surface area is 115 Å². The number of carbonyl (C=O) groups excluding carboxylic acids is 1. The molecule has 1 aromatic heterocycles. The summed E-state index contributed by atoms with van der Waals surface area (Å²) in [7, 11) is 0. The smallest absolute Gasteiger partial charge is 0.652 e. The molecule has 0 spiro atoms. The molecule has 0 aromatic carbocycles. The molecule has 1 rings (SSSR count). The monoisotopic (exact) mass is 185 g/mol. The van der Waals surface area contributed by atoms with E-state index < -0.39 is 6.16 Å². The fourth-order valence-electron chi connectivity index (χ4n) is 0.313. The van der Waals surface area contributed by atoms with Gasteiger partial charge in [0.25, 0.3) is 0 Å². The van der Waals surface area contributed by atoms with Crippen molar-refractivity contribution in [1.29, 1.82) is 0 Å². The molecule has 12 heavy (non-hydrogen) atoms. The number of hydrogen-bond donors (Lipinski definition) is 0. The van der Waals surface area contributed by atoms with Crippen molar-refractivity contribution in [1.82, 2.24) is 4.98 Å². The first-order valence-corrected chi connectivity index (χ1v) is 2.46. The molecular formula is C6H5NNa2O3. The van der Waals surface area contributed by atoms with E-state index in [9.17, 15) is 0 Å². The van der Waals surface area contributed by atoms with E-state index in [0.717, 1.165) is 0 Å². The van der Waals surface area contributed by atoms with E-state index in [1.165, 1.54) is 0 Å². The van der Waals surface area contributed by atoms with E-state index in [1.807, 2.05) is 18.2 Å². The van der Waals surface area contributed by atoms with Crippen LogP contribution >= 0.6 is 0 Å². The van der Waals surface area contributed by atoms with Gasteiger partial charge in [-0.15, -0.1) is 0 Å². The van der Waals surface area contributed by atoms with Gasteiger partial charge in [0.05, 0.1) is 0 Å². The normalized spacial score (nSPS) is 6.00. The Bertz CT molecular complexity index is 153. The first kappa shape index (κ1) is 18.3. The van der Waals surface area contributed by atoms with E-state index in [-0.39, 0.29) is 59.1 Å². The number of nitrogens with zero attached hydrogens (tertiary/aromatic N) is 1. The van der Waals surface area contributed by atoms with Gasteiger partial charge in [-0.3, -0.25) is 4.98 Å². The predicted molar refractivity (Wildman–Crippen MR) is 29.6 cm³/mol. The zero-order valence-corrected chi connectivity index (χ0v) is 11.1. The number of carboxylic acid groups (broad SMARTS) is 2. The van der Waals surface area contributed by atoms with Crippen LogP contribution in [0.4, 0.5) is 4.79 Å². The van der Waals surface area contributed by atoms with Gasteiger partial charge in [-0.25, -0.2) is 0 Å². The maximum atomic E-state index is 8.33. The zero-order valence-electron chi connectivity index (χ0n) is 7.06. The second-order valence-corrected chi connectivity index (χ2v) is 1.27. The molecule has 0 aliphatic heterocycles. The first-order valence-electron chi connectivity index (χ1n) is 2.46. The SMILES string of the molecule is O=C([O-])[O-].[Na+].[Na+].c1ccncc1. The largest absolute Gasteiger partial charge is 1.00 e. The summed E-state index contributed by atoms with van der Waals surface area (Å²) in [5.41, 5.74) is 0. The molecule has 0 radical (unpaired) electrons. The maximum absolute atomic E-state index is 8.33. The quantitative estimate of drug-likeness (QED) is 0.376. The number of aromatic nitrogens is 1. The van der Waals surface area contributed by atoms with Gasteiger partial charge >= 0.3 is 59.1 Å². The van der Waals surface area contributed by atoms with Crippen molar-refractivity contribution in [3.63, 3.8) is 0 Å². The first-order chi connectivity index (χ1) is 4.73. The summed E-state index contributed by atoms with van der Waals surface area (Å²) >= 11 is 0. The average Bonchev–Trinajstić information content (AvgIpc) is 1.90. The van der Waals surface area contributed by atoms with Gasteiger partial charge < -0.3 is 15.0 Å². The molecular weight excluding hydrogens is 180 g/mol. The van der Waals surface area contributed by atoms with Gasteiger partial charge in [0.2, 0.25) is 0 Å². The molecule has 0 aliphatic rings. The molecule has 4 nitrogen and oxygen atoms in total. The summed E-state index contributed by atoms with van der Waals surface area (Å²) in [6.45, 7) is 0. The van der Waals surface area contributed by atoms with Crippen LogP contribution in [-0.2, 0) is 0 Å². The van der Waals surface area contributed by atoms with Crippen molar-refractivity contribution < 1.29 is 74.1 Å². The fraction of sp³-hybridized carbons (Fsp3) is 0. The summed E-state index contributed by atoms with van der Waals surface area (Å²) < 4.78 is 0. The third kappa shape index (κ3) is 22.4. The van der Waals surface area contributed by atoms with Crippen molar-refractivity contribution in [3.8, 4) is 0 Å². The van der Waals surface area contributed by atoms with Crippen LogP contribution in [0.1, 0.15) is 0 Å². The number of hydrogen-bond acceptors (Lipinski definition) is 4. The predicted octanol–water partition coefficient (Wildman–Crippen LogP) is -7.36. The Kier molecular flexibility index (Phi) is 21.3. The van der Waals surface area contributed by atoms with Crippen LogP contribution in [0, 0.1) is 0 Å². The van der Waals surface area contributed by atoms with Crippen molar-refractivity contribution in [2.75, 3.05) is 0 Å². The summed E-state index contributed by atoms with van der Waals surface area (Å²) in [6.07, 6.45) is 1.17. The fourth-order valence-corrected chi connectivity index (χ4v) is 0.313. The molecule has 0 atom stereocenters. The van der Waals surface area contributed by atoms with Crippen LogP contribution in [0.25, 0.3) is 0 Å². The minimum absolute atomic E-state index is 0. The van der Waals surface area contributed by atoms with Gasteiger partial charge in [0, 0.05) is 12.4 Å². The Hall–Kier alpha value is 0.420. The molecule has 0 N–H and O–H groups in total. The minimum atomic E-state index is -2.33. The standard InChI is InChI=1S/C5H5N.CH2O3.2Na/c1-2-4-6-5-3-1;2-1(3)4;;/h1-5H;(H2,2,3,4);;/q;;2*+1/p-2. The van der Waals surface area contributed by atoms with Gasteiger partial charge in [0.15, 0.2) is 0 Å². The van der Waals surface area contributed by atoms with E-state index in [1.54, 1.807) is 12.4 Å². The molecule has 0 bridgehead atoms. The molecule has 0 saturated carbocycles. The minimum Gasteiger partial charge on any atom is -0.652 e. The summed E-state index contributed by atoms with van der Waals surface area (Å²) in [5.74, 6) is 0. The van der Waals surface area contributed by atoms with Gasteiger partial charge in [-0.05, 0) is 18.3 Å². The Morgan fingerprint density at radius 3 is 1.42 bits per heavy atom.